The van der Waals surface area contributed by atoms with Crippen molar-refractivity contribution in [2.45, 2.75) is 17.4 Å². The Hall–Kier alpha value is -4.11. The molecule has 0 unspecified atom stereocenters. The Morgan fingerprint density at radius 2 is 1.63 bits per heavy atom. The van der Waals surface area contributed by atoms with Gasteiger partial charge in [0.05, 0.1) is 35.5 Å². The molecule has 0 aliphatic heterocycles. The highest BCUT2D eigenvalue weighted by Crippen LogP contribution is 2.43. The summed E-state index contributed by atoms with van der Waals surface area (Å²) in [6.45, 7) is 5.39. The highest BCUT2D eigenvalue weighted by Gasteiger charge is 2.34. The van der Waals surface area contributed by atoms with Crippen LogP contribution in [0.4, 0.5) is 28.8 Å². The van der Waals surface area contributed by atoms with E-state index < -0.39 is 7.14 Å². The number of benzene rings is 2. The maximum atomic E-state index is 13.5. The molecule has 5 rings (SSSR count). The molecule has 3 heterocycles. The van der Waals surface area contributed by atoms with Crippen molar-refractivity contribution >= 4 is 99.4 Å². The maximum absolute atomic E-state index is 13.5. The average Bonchev–Trinajstić information content (AvgIpc) is 3.38. The van der Waals surface area contributed by atoms with Gasteiger partial charge >= 0.3 is 0 Å². The Bertz CT molecular complexity index is 1960. The Morgan fingerprint density at radius 3 is 2.24 bits per heavy atom. The second kappa shape index (κ2) is 12.2. The van der Waals surface area contributed by atoms with Gasteiger partial charge in [-0.2, -0.15) is 10.1 Å². The molecule has 0 amide bonds. The van der Waals surface area contributed by atoms with Gasteiger partial charge in [0, 0.05) is 60.3 Å². The molecule has 0 fully saturated rings. The van der Waals surface area contributed by atoms with Crippen LogP contribution in [0, 0.1) is 6.92 Å². The number of aromatic nitrogens is 6. The summed E-state index contributed by atoms with van der Waals surface area (Å²) in [5, 5.41) is 11.5. The number of ether oxygens (including phenoxy) is 1. The molecule has 0 saturated carbocycles. The minimum absolute atomic E-state index is 0.191. The number of fused-ring (bicyclic) bond motifs is 1. The number of nitrogens with one attached hydrogen (secondary N) is 2. The summed E-state index contributed by atoms with van der Waals surface area (Å²) < 4.78 is 21.2. The van der Waals surface area contributed by atoms with E-state index in [-0.39, 0.29) is 10.5 Å². The fraction of sp³-hybridized carbons (Fsp3) is 0.250. The van der Waals surface area contributed by atoms with Crippen LogP contribution < -0.4 is 25.6 Å². The minimum atomic E-state index is -2.75. The van der Waals surface area contributed by atoms with Crippen molar-refractivity contribution in [3.63, 3.8) is 0 Å². The summed E-state index contributed by atoms with van der Waals surface area (Å²) >= 11 is 0. The molecule has 0 atom stereocenters. The van der Waals surface area contributed by atoms with Gasteiger partial charge in [-0.25, -0.2) is 4.98 Å². The minimum Gasteiger partial charge on any atom is -0.494 e. The zero-order valence-electron chi connectivity index (χ0n) is 28.6. The molecular weight excluding hydrogens is 590 g/mol. The third kappa shape index (κ3) is 6.84. The van der Waals surface area contributed by atoms with E-state index in [0.29, 0.717) is 45.2 Å². The van der Waals surface area contributed by atoms with Crippen LogP contribution in [-0.4, -0.2) is 108 Å². The van der Waals surface area contributed by atoms with Gasteiger partial charge in [-0.15, -0.1) is 0 Å². The van der Waals surface area contributed by atoms with Gasteiger partial charge in [0.2, 0.25) is 5.95 Å². The molecule has 230 valence electrons. The highest BCUT2D eigenvalue weighted by atomic mass is 31.2. The lowest BCUT2D eigenvalue weighted by atomic mass is 9.40. The van der Waals surface area contributed by atoms with E-state index in [1.54, 1.807) is 43.7 Å². The van der Waals surface area contributed by atoms with E-state index in [4.69, 9.17) is 9.72 Å². The number of hydrogen-bond donors (Lipinski definition) is 2. The summed E-state index contributed by atoms with van der Waals surface area (Å²) in [6.07, 6.45) is 8.87. The first-order chi connectivity index (χ1) is 21.5. The lowest BCUT2D eigenvalue weighted by Crippen LogP contribution is -2.64. The van der Waals surface area contributed by atoms with Crippen LogP contribution in [0.15, 0.2) is 55.2 Å². The van der Waals surface area contributed by atoms with Gasteiger partial charge in [0.1, 0.15) is 71.3 Å². The number of rotatable bonds is 10. The Balaban J connectivity index is 1.60. The molecular formula is C28H38B6N9O2P. The first-order valence-electron chi connectivity index (χ1n) is 15.2. The van der Waals surface area contributed by atoms with Crippen LogP contribution in [0.25, 0.3) is 22.2 Å². The van der Waals surface area contributed by atoms with Gasteiger partial charge in [-0.05, 0) is 48.9 Å². The molecule has 2 aromatic carbocycles. The van der Waals surface area contributed by atoms with Gasteiger partial charge in [-0.3, -0.25) is 14.6 Å². The number of anilines is 5. The third-order valence-electron chi connectivity index (χ3n) is 7.54. The van der Waals surface area contributed by atoms with Gasteiger partial charge in [0.25, 0.3) is 0 Å². The lowest BCUT2D eigenvalue weighted by molar-refractivity contribution is 0.417. The van der Waals surface area contributed by atoms with Crippen LogP contribution >= 0.6 is 7.14 Å². The Morgan fingerprint density at radius 1 is 0.935 bits per heavy atom. The van der Waals surface area contributed by atoms with E-state index in [1.165, 1.54) is 0 Å². The first kappa shape index (κ1) is 33.3. The summed E-state index contributed by atoms with van der Waals surface area (Å²) in [7, 11) is 14.1. The van der Waals surface area contributed by atoms with Crippen molar-refractivity contribution in [3.8, 4) is 16.9 Å². The van der Waals surface area contributed by atoms with Gasteiger partial charge in [-0.1, -0.05) is 0 Å². The number of hydrogen-bond acceptors (Lipinski definition) is 10. The van der Waals surface area contributed by atoms with Crippen LogP contribution in [0.1, 0.15) is 5.56 Å². The van der Waals surface area contributed by atoms with Crippen LogP contribution in [-0.2, 0) is 11.6 Å². The SMILES string of the molecule is BC(B)(B)N(c1cc(OC)c(Nc2ncc(C)c(Nc3ccc4nccnc4c3P(C)(C)=O)n2)cc1-c1cnn(C)c1)C(B)(B)B. The standard InChI is InChI=1S/C28H38B6N9O2P/c1-15-12-37-26(41-25(15)39-19-7-6-18-23(36-9-8-35-18)24(19)46(4,5)44)40-20-10-17(16-13-38-42(2)14-16)21(11-22(20)45-3)43(27(29,30)31)28(32,33)34/h6-14H,29-34H2,1-5H3,(H2,37,39,40,41). The molecule has 0 spiro atoms. The fourth-order valence-corrected chi connectivity index (χ4v) is 7.48. The molecule has 46 heavy (non-hydrogen) atoms. The second-order valence-corrected chi connectivity index (χ2v) is 17.0. The predicted octanol–water partition coefficient (Wildman–Crippen LogP) is -1.30. The predicted molar refractivity (Wildman–Crippen MR) is 206 cm³/mol. The Labute approximate surface area is 275 Å². The van der Waals surface area contributed by atoms with Crippen LogP contribution in [0.5, 0.6) is 5.75 Å². The molecule has 11 nitrogen and oxygen atoms in total. The van der Waals surface area contributed by atoms with Crippen molar-refractivity contribution in [1.29, 1.82) is 0 Å². The van der Waals surface area contributed by atoms with Crippen LogP contribution in [0.2, 0.25) is 0 Å². The largest absolute Gasteiger partial charge is 0.494 e. The molecule has 0 aliphatic carbocycles. The molecule has 0 aliphatic rings. The van der Waals surface area contributed by atoms with Crippen molar-refractivity contribution in [2.75, 3.05) is 36.0 Å². The van der Waals surface area contributed by atoms with Crippen molar-refractivity contribution < 1.29 is 9.30 Å². The second-order valence-electron chi connectivity index (χ2n) is 13.9. The Kier molecular flexibility index (Phi) is 8.85. The molecule has 0 radical (unpaired) electrons. The lowest BCUT2D eigenvalue weighted by Gasteiger charge is -2.50. The van der Waals surface area contributed by atoms with Crippen molar-refractivity contribution in [2.24, 2.45) is 7.05 Å². The van der Waals surface area contributed by atoms with Gasteiger partial charge in [0.15, 0.2) is 0 Å². The first-order valence-corrected chi connectivity index (χ1v) is 17.8. The fourth-order valence-electron chi connectivity index (χ4n) is 6.09. The summed E-state index contributed by atoms with van der Waals surface area (Å²) in [4.78, 5) is 20.8. The van der Waals surface area contributed by atoms with Crippen molar-refractivity contribution in [3.05, 3.63) is 60.8 Å². The van der Waals surface area contributed by atoms with Crippen molar-refractivity contribution in [1.82, 2.24) is 29.7 Å². The zero-order valence-corrected chi connectivity index (χ0v) is 29.5. The molecule has 18 heteroatoms. The highest BCUT2D eigenvalue weighted by molar-refractivity contribution is 7.71. The quantitative estimate of drug-likeness (QED) is 0.143. The normalized spacial score (nSPS) is 12.2. The van der Waals surface area contributed by atoms with E-state index >= 15 is 0 Å². The van der Waals surface area contributed by atoms with E-state index in [9.17, 15) is 4.57 Å². The number of methoxy groups -OCH3 is 1. The summed E-state index contributed by atoms with van der Waals surface area (Å²) in [6, 6.07) is 7.87. The van der Waals surface area contributed by atoms with E-state index in [1.807, 2.05) is 38.5 Å². The summed E-state index contributed by atoms with van der Waals surface area (Å²) in [5.41, 5.74) is 6.48. The molecule has 0 bridgehead atoms. The smallest absolute Gasteiger partial charge is 0.229 e. The molecule has 5 aromatic rings. The van der Waals surface area contributed by atoms with Crippen LogP contribution in [0.3, 0.4) is 0 Å². The average molecular weight is 629 g/mol. The maximum Gasteiger partial charge on any atom is 0.229 e. The molecule has 0 saturated heterocycles. The molecule has 2 N–H and O–H groups in total. The zero-order chi connectivity index (χ0) is 33.6. The van der Waals surface area contributed by atoms with E-state index in [0.717, 1.165) is 22.4 Å². The van der Waals surface area contributed by atoms with E-state index in [2.05, 4.69) is 94.8 Å². The number of nitrogens with zero attached hydrogens (tertiary/aromatic N) is 7. The summed E-state index contributed by atoms with van der Waals surface area (Å²) in [5.74, 6) is 1.59. The third-order valence-corrected chi connectivity index (χ3v) is 9.07. The van der Waals surface area contributed by atoms with Gasteiger partial charge < -0.3 is 24.8 Å². The topological polar surface area (TPSA) is 123 Å². The monoisotopic (exact) mass is 629 g/mol. The molecule has 3 aromatic heterocycles. The number of aryl methyl sites for hydroxylation is 2.